The van der Waals surface area contributed by atoms with Crippen LogP contribution in [0.5, 0.6) is 5.75 Å². The zero-order valence-electron chi connectivity index (χ0n) is 16.8. The van der Waals surface area contributed by atoms with Crippen molar-refractivity contribution in [1.29, 1.82) is 0 Å². The van der Waals surface area contributed by atoms with Crippen LogP contribution in [0.4, 0.5) is 5.82 Å². The smallest absolute Gasteiger partial charge is 0.242 e. The molecule has 1 aromatic carbocycles. The number of anilines is 1. The molecule has 1 unspecified atom stereocenters. The SMILES string of the molecule is COc1ccccc1-c1c(C)nn(C)c1NC(=O)C(C)N1CCN(C)CC1. The number of methoxy groups -OCH3 is 1. The van der Waals surface area contributed by atoms with Gasteiger partial charge in [-0.15, -0.1) is 0 Å². The number of ether oxygens (including phenoxy) is 1. The minimum absolute atomic E-state index is 0.0151. The van der Waals surface area contributed by atoms with Gasteiger partial charge in [-0.2, -0.15) is 5.10 Å². The lowest BCUT2D eigenvalue weighted by atomic mass is 10.0. The molecule has 1 aromatic heterocycles. The first-order valence-electron chi connectivity index (χ1n) is 9.32. The van der Waals surface area contributed by atoms with E-state index in [9.17, 15) is 4.79 Å². The summed E-state index contributed by atoms with van der Waals surface area (Å²) in [5.41, 5.74) is 2.67. The highest BCUT2D eigenvalue weighted by Crippen LogP contribution is 2.37. The van der Waals surface area contributed by atoms with Crippen molar-refractivity contribution in [2.24, 2.45) is 7.05 Å². The van der Waals surface area contributed by atoms with Crippen molar-refractivity contribution in [3.63, 3.8) is 0 Å². The van der Waals surface area contributed by atoms with Crippen LogP contribution in [0.25, 0.3) is 11.1 Å². The van der Waals surface area contributed by atoms with Crippen molar-refractivity contribution >= 4 is 11.7 Å². The summed E-state index contributed by atoms with van der Waals surface area (Å²) in [6.45, 7) is 7.67. The fourth-order valence-corrected chi connectivity index (χ4v) is 3.57. The maximum Gasteiger partial charge on any atom is 0.242 e. The van der Waals surface area contributed by atoms with Crippen molar-refractivity contribution in [2.75, 3.05) is 45.7 Å². The van der Waals surface area contributed by atoms with Gasteiger partial charge in [0.1, 0.15) is 11.6 Å². The number of piperazine rings is 1. The number of carbonyl (C=O) groups is 1. The lowest BCUT2D eigenvalue weighted by molar-refractivity contribution is -0.121. The second-order valence-electron chi connectivity index (χ2n) is 7.14. The van der Waals surface area contributed by atoms with Crippen molar-refractivity contribution < 1.29 is 9.53 Å². The third-order valence-electron chi connectivity index (χ3n) is 5.31. The van der Waals surface area contributed by atoms with E-state index in [0.29, 0.717) is 5.82 Å². The van der Waals surface area contributed by atoms with Crippen LogP contribution in [0, 0.1) is 6.92 Å². The number of carbonyl (C=O) groups excluding carboxylic acids is 1. The number of likely N-dealkylation sites (N-methyl/N-ethyl adjacent to an activating group) is 1. The van der Waals surface area contributed by atoms with Gasteiger partial charge >= 0.3 is 0 Å². The third-order valence-corrected chi connectivity index (χ3v) is 5.31. The topological polar surface area (TPSA) is 62.6 Å². The largest absolute Gasteiger partial charge is 0.496 e. The quantitative estimate of drug-likeness (QED) is 0.871. The Morgan fingerprint density at radius 1 is 1.19 bits per heavy atom. The van der Waals surface area contributed by atoms with Crippen LogP contribution < -0.4 is 10.1 Å². The average molecular weight is 371 g/mol. The molecule has 1 amide bonds. The molecule has 2 heterocycles. The number of nitrogens with one attached hydrogen (secondary N) is 1. The van der Waals surface area contributed by atoms with Crippen LogP contribution in [-0.2, 0) is 11.8 Å². The summed E-state index contributed by atoms with van der Waals surface area (Å²) in [6.07, 6.45) is 0. The van der Waals surface area contributed by atoms with E-state index in [1.807, 2.05) is 45.2 Å². The lowest BCUT2D eigenvalue weighted by Gasteiger charge is -2.35. The van der Waals surface area contributed by atoms with Crippen LogP contribution >= 0.6 is 0 Å². The highest BCUT2D eigenvalue weighted by molar-refractivity contribution is 5.98. The maximum absolute atomic E-state index is 13.0. The minimum atomic E-state index is -0.195. The standard InChI is InChI=1S/C20H29N5O2/c1-14-18(16-8-6-7-9-17(16)27-5)19(24(4)22-14)21-20(26)15(2)25-12-10-23(3)11-13-25/h6-9,15H,10-13H2,1-5H3,(H,21,26). The molecule has 7 nitrogen and oxygen atoms in total. The summed E-state index contributed by atoms with van der Waals surface area (Å²) in [7, 11) is 5.61. The molecule has 146 valence electrons. The number of aromatic nitrogens is 2. The summed E-state index contributed by atoms with van der Waals surface area (Å²) in [5.74, 6) is 1.44. The molecule has 3 rings (SSSR count). The molecule has 7 heteroatoms. The van der Waals surface area contributed by atoms with E-state index in [1.165, 1.54) is 0 Å². The summed E-state index contributed by atoms with van der Waals surface area (Å²) in [4.78, 5) is 17.5. The van der Waals surface area contributed by atoms with Crippen LogP contribution in [0.15, 0.2) is 24.3 Å². The summed E-state index contributed by atoms with van der Waals surface area (Å²) < 4.78 is 7.24. The first kappa shape index (κ1) is 19.4. The van der Waals surface area contributed by atoms with Gasteiger partial charge in [0.15, 0.2) is 0 Å². The molecule has 1 fully saturated rings. The molecule has 27 heavy (non-hydrogen) atoms. The van der Waals surface area contributed by atoms with Crippen molar-refractivity contribution in [3.8, 4) is 16.9 Å². The molecule has 0 bridgehead atoms. The molecule has 1 aliphatic heterocycles. The van der Waals surface area contributed by atoms with Gasteiger partial charge in [-0.05, 0) is 27.0 Å². The number of rotatable bonds is 5. The summed E-state index contributed by atoms with van der Waals surface area (Å²) in [6, 6.07) is 7.60. The molecule has 1 aliphatic rings. The molecule has 1 saturated heterocycles. The predicted octanol–water partition coefficient (Wildman–Crippen LogP) is 1.98. The maximum atomic E-state index is 13.0. The number of para-hydroxylation sites is 1. The summed E-state index contributed by atoms with van der Waals surface area (Å²) >= 11 is 0. The Bertz CT molecular complexity index is 809. The number of benzene rings is 1. The van der Waals surface area contributed by atoms with E-state index in [2.05, 4.69) is 27.3 Å². The van der Waals surface area contributed by atoms with Gasteiger partial charge in [-0.3, -0.25) is 14.4 Å². The van der Waals surface area contributed by atoms with E-state index >= 15 is 0 Å². The Kier molecular flexibility index (Phi) is 5.82. The predicted molar refractivity (Wildman–Crippen MR) is 107 cm³/mol. The van der Waals surface area contributed by atoms with Crippen LogP contribution in [0.3, 0.4) is 0 Å². The van der Waals surface area contributed by atoms with Crippen molar-refractivity contribution in [3.05, 3.63) is 30.0 Å². The molecule has 0 saturated carbocycles. The zero-order chi connectivity index (χ0) is 19.6. The molecule has 0 radical (unpaired) electrons. The normalized spacial score (nSPS) is 16.9. The van der Waals surface area contributed by atoms with E-state index in [-0.39, 0.29) is 11.9 Å². The van der Waals surface area contributed by atoms with Crippen molar-refractivity contribution in [1.82, 2.24) is 19.6 Å². The van der Waals surface area contributed by atoms with Gasteiger partial charge in [-0.1, -0.05) is 18.2 Å². The van der Waals surface area contributed by atoms with Gasteiger partial charge in [-0.25, -0.2) is 0 Å². The Labute approximate surface area is 160 Å². The number of hydrogen-bond acceptors (Lipinski definition) is 5. The second-order valence-corrected chi connectivity index (χ2v) is 7.14. The minimum Gasteiger partial charge on any atom is -0.496 e. The highest BCUT2D eigenvalue weighted by Gasteiger charge is 2.27. The molecule has 0 aliphatic carbocycles. The lowest BCUT2D eigenvalue weighted by Crippen LogP contribution is -2.51. The third kappa shape index (κ3) is 3.99. The first-order valence-corrected chi connectivity index (χ1v) is 9.32. The Morgan fingerprint density at radius 3 is 2.52 bits per heavy atom. The monoisotopic (exact) mass is 371 g/mol. The summed E-state index contributed by atoms with van der Waals surface area (Å²) in [5, 5.41) is 7.63. The van der Waals surface area contributed by atoms with E-state index in [1.54, 1.807) is 11.8 Å². The molecule has 0 spiro atoms. The van der Waals surface area contributed by atoms with E-state index in [0.717, 1.165) is 48.7 Å². The molecule has 1 atom stereocenters. The zero-order valence-corrected chi connectivity index (χ0v) is 16.8. The van der Waals surface area contributed by atoms with E-state index in [4.69, 9.17) is 4.74 Å². The molecular weight excluding hydrogens is 342 g/mol. The first-order chi connectivity index (χ1) is 12.9. The number of aryl methyl sites for hydroxylation is 2. The fourth-order valence-electron chi connectivity index (χ4n) is 3.57. The van der Waals surface area contributed by atoms with Gasteiger partial charge in [0.05, 0.1) is 24.4 Å². The Hall–Kier alpha value is -2.38. The van der Waals surface area contributed by atoms with Crippen molar-refractivity contribution in [2.45, 2.75) is 19.9 Å². The van der Waals surface area contributed by atoms with E-state index < -0.39 is 0 Å². The van der Waals surface area contributed by atoms with Crippen LogP contribution in [0.1, 0.15) is 12.6 Å². The van der Waals surface area contributed by atoms with Gasteiger partial charge in [0.25, 0.3) is 0 Å². The van der Waals surface area contributed by atoms with Crippen LogP contribution in [-0.4, -0.2) is 71.9 Å². The average Bonchev–Trinajstić information content (AvgIpc) is 2.94. The Balaban J connectivity index is 1.86. The highest BCUT2D eigenvalue weighted by atomic mass is 16.5. The molecular formula is C20H29N5O2. The number of nitrogens with zero attached hydrogens (tertiary/aromatic N) is 4. The number of amides is 1. The van der Waals surface area contributed by atoms with Gasteiger partial charge in [0.2, 0.25) is 5.91 Å². The Morgan fingerprint density at radius 2 is 1.85 bits per heavy atom. The van der Waals surface area contributed by atoms with Crippen LogP contribution in [0.2, 0.25) is 0 Å². The second kappa shape index (κ2) is 8.10. The van der Waals surface area contributed by atoms with Gasteiger partial charge in [0, 0.05) is 38.8 Å². The molecule has 1 N–H and O–H groups in total. The number of hydrogen-bond donors (Lipinski definition) is 1. The van der Waals surface area contributed by atoms with Gasteiger partial charge < -0.3 is 15.0 Å². The fraction of sp³-hybridized carbons (Fsp3) is 0.500. The molecule has 2 aromatic rings.